The van der Waals surface area contributed by atoms with Crippen molar-refractivity contribution < 1.29 is 19.1 Å². The first-order chi connectivity index (χ1) is 15.6. The third-order valence-corrected chi connectivity index (χ3v) is 5.56. The number of carbonyl (C=O) groups is 3. The molecular weight excluding hydrogens is 420 g/mol. The van der Waals surface area contributed by atoms with Crippen LogP contribution in [0.4, 0.5) is 21.0 Å². The standard InChI is InChI=1S/C25H30N4O4/c1-14(2)33-23(30)21-17(5)29(6)25(32)28-22(21)18-8-7-9-19(13-18)26-24(31)27-20-11-10-15(3)16(4)12-20/h7-14,22H,1-6H3,(H,28,32)(H2,26,27,31)/t22-/m0/s1. The van der Waals surface area contributed by atoms with E-state index in [0.29, 0.717) is 28.2 Å². The monoisotopic (exact) mass is 450 g/mol. The first-order valence-corrected chi connectivity index (χ1v) is 10.8. The summed E-state index contributed by atoms with van der Waals surface area (Å²) in [4.78, 5) is 39.2. The second-order valence-electron chi connectivity index (χ2n) is 8.40. The van der Waals surface area contributed by atoms with E-state index in [9.17, 15) is 14.4 Å². The Bertz CT molecular complexity index is 1120. The first kappa shape index (κ1) is 23.8. The Labute approximate surface area is 194 Å². The van der Waals surface area contributed by atoms with Crippen LogP contribution in [0.3, 0.4) is 0 Å². The zero-order valence-electron chi connectivity index (χ0n) is 19.8. The summed E-state index contributed by atoms with van der Waals surface area (Å²) >= 11 is 0. The molecule has 0 saturated heterocycles. The van der Waals surface area contributed by atoms with Gasteiger partial charge in [0.25, 0.3) is 0 Å². The molecule has 0 aliphatic carbocycles. The molecule has 1 heterocycles. The predicted molar refractivity (Wildman–Crippen MR) is 128 cm³/mol. The molecule has 3 N–H and O–H groups in total. The van der Waals surface area contributed by atoms with Crippen molar-refractivity contribution in [1.82, 2.24) is 10.2 Å². The van der Waals surface area contributed by atoms with Crippen molar-refractivity contribution in [3.05, 3.63) is 70.4 Å². The van der Waals surface area contributed by atoms with Gasteiger partial charge in [0.1, 0.15) is 0 Å². The summed E-state index contributed by atoms with van der Waals surface area (Å²) in [7, 11) is 1.60. The van der Waals surface area contributed by atoms with Gasteiger partial charge in [0.2, 0.25) is 0 Å². The average molecular weight is 451 g/mol. The summed E-state index contributed by atoms with van der Waals surface area (Å²) in [6, 6.07) is 11.3. The lowest BCUT2D eigenvalue weighted by molar-refractivity contribution is -0.143. The second-order valence-corrected chi connectivity index (χ2v) is 8.40. The molecule has 2 aromatic rings. The van der Waals surface area contributed by atoms with Crippen molar-refractivity contribution in [3.8, 4) is 0 Å². The van der Waals surface area contributed by atoms with E-state index in [1.807, 2.05) is 32.0 Å². The Morgan fingerprint density at radius 3 is 2.30 bits per heavy atom. The van der Waals surface area contributed by atoms with Crippen LogP contribution in [0.2, 0.25) is 0 Å². The van der Waals surface area contributed by atoms with Crippen LogP contribution in [0, 0.1) is 13.8 Å². The number of urea groups is 2. The molecule has 174 valence electrons. The number of ether oxygens (including phenoxy) is 1. The molecule has 0 fully saturated rings. The topological polar surface area (TPSA) is 99.8 Å². The number of carbonyl (C=O) groups excluding carboxylic acids is 3. The van der Waals surface area contributed by atoms with Crippen molar-refractivity contribution in [2.45, 2.75) is 46.8 Å². The molecule has 8 nitrogen and oxygen atoms in total. The number of esters is 1. The van der Waals surface area contributed by atoms with E-state index in [1.54, 1.807) is 52.1 Å². The molecule has 3 rings (SSSR count). The quantitative estimate of drug-likeness (QED) is 0.566. The van der Waals surface area contributed by atoms with Gasteiger partial charge in [-0.15, -0.1) is 0 Å². The molecule has 1 atom stereocenters. The summed E-state index contributed by atoms with van der Waals surface area (Å²) in [5.41, 5.74) is 4.95. The Hall–Kier alpha value is -3.81. The number of nitrogens with one attached hydrogen (secondary N) is 3. The highest BCUT2D eigenvalue weighted by Crippen LogP contribution is 2.32. The van der Waals surface area contributed by atoms with Crippen LogP contribution >= 0.6 is 0 Å². The molecular formula is C25H30N4O4. The van der Waals surface area contributed by atoms with Gasteiger partial charge in [0.15, 0.2) is 0 Å². The van der Waals surface area contributed by atoms with Crippen molar-refractivity contribution in [1.29, 1.82) is 0 Å². The Morgan fingerprint density at radius 2 is 1.67 bits per heavy atom. The molecule has 8 heteroatoms. The van der Waals surface area contributed by atoms with E-state index >= 15 is 0 Å². The zero-order chi connectivity index (χ0) is 24.3. The molecule has 1 aliphatic rings. The van der Waals surface area contributed by atoms with Crippen molar-refractivity contribution in [2.75, 3.05) is 17.7 Å². The smallest absolute Gasteiger partial charge is 0.338 e. The van der Waals surface area contributed by atoms with E-state index in [1.165, 1.54) is 4.90 Å². The number of amides is 4. The molecule has 33 heavy (non-hydrogen) atoms. The molecule has 0 saturated carbocycles. The zero-order valence-corrected chi connectivity index (χ0v) is 19.8. The summed E-state index contributed by atoms with van der Waals surface area (Å²) in [5, 5.41) is 8.47. The number of allylic oxidation sites excluding steroid dienone is 1. The molecule has 0 spiro atoms. The lowest BCUT2D eigenvalue weighted by atomic mass is 9.94. The molecule has 2 aromatic carbocycles. The highest BCUT2D eigenvalue weighted by molar-refractivity contribution is 6.00. The summed E-state index contributed by atoms with van der Waals surface area (Å²) < 4.78 is 5.42. The van der Waals surface area contributed by atoms with Gasteiger partial charge in [0.05, 0.1) is 17.7 Å². The highest BCUT2D eigenvalue weighted by atomic mass is 16.5. The minimum absolute atomic E-state index is 0.302. The predicted octanol–water partition coefficient (Wildman–Crippen LogP) is 4.87. The first-order valence-electron chi connectivity index (χ1n) is 10.8. The number of nitrogens with zero attached hydrogens (tertiary/aromatic N) is 1. The van der Waals surface area contributed by atoms with Gasteiger partial charge in [-0.3, -0.25) is 0 Å². The van der Waals surface area contributed by atoms with Gasteiger partial charge in [-0.2, -0.15) is 0 Å². The normalized spacial score (nSPS) is 15.9. The number of hydrogen-bond donors (Lipinski definition) is 3. The van der Waals surface area contributed by atoms with E-state index in [4.69, 9.17) is 4.74 Å². The Balaban J connectivity index is 1.84. The fourth-order valence-electron chi connectivity index (χ4n) is 3.54. The molecule has 4 amide bonds. The molecule has 0 radical (unpaired) electrons. The van der Waals surface area contributed by atoms with E-state index in [-0.39, 0.29) is 12.1 Å². The third-order valence-electron chi connectivity index (χ3n) is 5.56. The maximum Gasteiger partial charge on any atom is 0.338 e. The molecule has 1 aliphatic heterocycles. The minimum Gasteiger partial charge on any atom is -0.459 e. The van der Waals surface area contributed by atoms with E-state index in [0.717, 1.165) is 11.1 Å². The number of benzene rings is 2. The summed E-state index contributed by atoms with van der Waals surface area (Å²) in [6.07, 6.45) is -0.302. The van der Waals surface area contributed by atoms with Crippen LogP contribution < -0.4 is 16.0 Å². The van der Waals surface area contributed by atoms with Crippen LogP contribution in [0.15, 0.2) is 53.7 Å². The SMILES string of the molecule is CC1=C(C(=O)OC(C)C)[C@H](c2cccc(NC(=O)Nc3ccc(C)c(C)c3)c2)NC(=O)N1C. The van der Waals surface area contributed by atoms with Crippen molar-refractivity contribution in [2.24, 2.45) is 0 Å². The second kappa shape index (κ2) is 9.77. The lowest BCUT2D eigenvalue weighted by Gasteiger charge is -2.33. The average Bonchev–Trinajstić information content (AvgIpc) is 2.74. The minimum atomic E-state index is -0.704. The van der Waals surface area contributed by atoms with Gasteiger partial charge >= 0.3 is 18.0 Å². The van der Waals surface area contributed by atoms with Gasteiger partial charge in [-0.05, 0) is 75.6 Å². The molecule has 0 unspecified atom stereocenters. The fraction of sp³-hybridized carbons (Fsp3) is 0.320. The maximum absolute atomic E-state index is 12.8. The Morgan fingerprint density at radius 1 is 1.00 bits per heavy atom. The largest absolute Gasteiger partial charge is 0.459 e. The number of hydrogen-bond acceptors (Lipinski definition) is 4. The Kier molecular flexibility index (Phi) is 7.06. The number of anilines is 2. The molecule has 0 bridgehead atoms. The lowest BCUT2D eigenvalue weighted by Crippen LogP contribution is -2.46. The highest BCUT2D eigenvalue weighted by Gasteiger charge is 2.35. The van der Waals surface area contributed by atoms with E-state index in [2.05, 4.69) is 16.0 Å². The van der Waals surface area contributed by atoms with Crippen LogP contribution in [0.5, 0.6) is 0 Å². The van der Waals surface area contributed by atoms with E-state index < -0.39 is 18.0 Å². The van der Waals surface area contributed by atoms with Crippen LogP contribution in [-0.4, -0.2) is 36.1 Å². The summed E-state index contributed by atoms with van der Waals surface area (Å²) in [6.45, 7) is 9.24. The van der Waals surface area contributed by atoms with Gasteiger partial charge in [-0.25, -0.2) is 14.4 Å². The van der Waals surface area contributed by atoms with Crippen molar-refractivity contribution >= 4 is 29.4 Å². The van der Waals surface area contributed by atoms with Crippen LogP contribution in [-0.2, 0) is 9.53 Å². The summed E-state index contributed by atoms with van der Waals surface area (Å²) in [5.74, 6) is -0.495. The maximum atomic E-state index is 12.8. The fourth-order valence-corrected chi connectivity index (χ4v) is 3.54. The van der Waals surface area contributed by atoms with Crippen molar-refractivity contribution in [3.63, 3.8) is 0 Å². The van der Waals surface area contributed by atoms with Crippen LogP contribution in [0.1, 0.15) is 43.5 Å². The molecule has 0 aromatic heterocycles. The van der Waals surface area contributed by atoms with Crippen LogP contribution in [0.25, 0.3) is 0 Å². The van der Waals surface area contributed by atoms with Gasteiger partial charge in [0, 0.05) is 24.1 Å². The number of rotatable bonds is 5. The van der Waals surface area contributed by atoms with Gasteiger partial charge in [-0.1, -0.05) is 18.2 Å². The third kappa shape index (κ3) is 5.52. The number of aryl methyl sites for hydroxylation is 2. The van der Waals surface area contributed by atoms with Gasteiger partial charge < -0.3 is 25.6 Å².